The smallest absolute Gasteiger partial charge is 0.135 e. The van der Waals surface area contributed by atoms with Crippen molar-refractivity contribution in [2.45, 2.75) is 59.5 Å². The van der Waals surface area contributed by atoms with Crippen molar-refractivity contribution < 1.29 is 5.11 Å². The van der Waals surface area contributed by atoms with Crippen LogP contribution in [0, 0.1) is 5.92 Å². The fraction of sp³-hybridized carbons (Fsp3) is 0.750. The van der Waals surface area contributed by atoms with Crippen molar-refractivity contribution in [1.82, 2.24) is 9.97 Å². The average Bonchev–Trinajstić information content (AvgIpc) is 2.41. The zero-order valence-electron chi connectivity index (χ0n) is 14.0. The molecule has 5 heteroatoms. The van der Waals surface area contributed by atoms with E-state index in [1.165, 1.54) is 0 Å². The fourth-order valence-corrected chi connectivity index (χ4v) is 2.31. The second-order valence-corrected chi connectivity index (χ2v) is 6.23. The van der Waals surface area contributed by atoms with E-state index in [0.29, 0.717) is 18.4 Å². The Hall–Kier alpha value is -1.36. The van der Waals surface area contributed by atoms with Gasteiger partial charge in [0.05, 0.1) is 6.10 Å². The predicted molar refractivity (Wildman–Crippen MR) is 88.9 cm³/mol. The molecule has 0 saturated heterocycles. The first-order valence-electron chi connectivity index (χ1n) is 7.96. The zero-order valence-corrected chi connectivity index (χ0v) is 14.0. The van der Waals surface area contributed by atoms with Gasteiger partial charge in [-0.15, -0.1) is 0 Å². The highest BCUT2D eigenvalue weighted by Crippen LogP contribution is 2.28. The molecule has 1 unspecified atom stereocenters. The molecule has 0 aliphatic rings. The van der Waals surface area contributed by atoms with Gasteiger partial charge in [-0.2, -0.15) is 0 Å². The van der Waals surface area contributed by atoms with E-state index in [-0.39, 0.29) is 6.10 Å². The third-order valence-electron chi connectivity index (χ3n) is 3.25. The summed E-state index contributed by atoms with van der Waals surface area (Å²) in [4.78, 5) is 8.70. The van der Waals surface area contributed by atoms with Gasteiger partial charge in [0.25, 0.3) is 0 Å². The molecule has 0 amide bonds. The number of hydrogen-bond acceptors (Lipinski definition) is 5. The lowest BCUT2D eigenvalue weighted by Gasteiger charge is -2.19. The lowest BCUT2D eigenvalue weighted by molar-refractivity contribution is 0.161. The van der Waals surface area contributed by atoms with Crippen LogP contribution in [0.5, 0.6) is 0 Å². The Morgan fingerprint density at radius 3 is 2.24 bits per heavy atom. The van der Waals surface area contributed by atoms with Crippen molar-refractivity contribution >= 4 is 11.6 Å². The summed E-state index contributed by atoms with van der Waals surface area (Å²) < 4.78 is 0. The lowest BCUT2D eigenvalue weighted by atomic mass is 10.0. The number of nitrogens with zero attached hydrogens (tertiary/aromatic N) is 2. The van der Waals surface area contributed by atoms with Crippen molar-refractivity contribution in [3.05, 3.63) is 11.9 Å². The molecule has 1 atom stereocenters. The number of anilines is 2. The first kappa shape index (κ1) is 17.7. The molecular formula is C16H30N4O. The van der Waals surface area contributed by atoms with Gasteiger partial charge in [-0.05, 0) is 24.7 Å². The predicted octanol–water partition coefficient (Wildman–Crippen LogP) is 3.24. The molecular weight excluding hydrogens is 264 g/mol. The Bertz CT molecular complexity index is 421. The van der Waals surface area contributed by atoms with Crippen LogP contribution in [0.25, 0.3) is 0 Å². The number of aliphatic hydroxyl groups excluding tert-OH is 1. The zero-order chi connectivity index (χ0) is 15.8. The third kappa shape index (κ3) is 5.87. The molecule has 1 aromatic heterocycles. The summed E-state index contributed by atoms with van der Waals surface area (Å²) in [7, 11) is 0. The number of aromatic nitrogens is 2. The van der Waals surface area contributed by atoms with Crippen LogP contribution in [0.4, 0.5) is 11.6 Å². The minimum absolute atomic E-state index is 0.315. The normalized spacial score (nSPS) is 12.8. The van der Waals surface area contributed by atoms with Gasteiger partial charge in [-0.3, -0.25) is 0 Å². The molecule has 0 fully saturated rings. The quantitative estimate of drug-likeness (QED) is 0.652. The van der Waals surface area contributed by atoms with Crippen LogP contribution in [-0.2, 0) is 0 Å². The van der Waals surface area contributed by atoms with Crippen LogP contribution in [0.1, 0.15) is 58.9 Å². The highest BCUT2D eigenvalue weighted by Gasteiger charge is 2.15. The third-order valence-corrected chi connectivity index (χ3v) is 3.25. The van der Waals surface area contributed by atoms with E-state index in [1.807, 2.05) is 0 Å². The summed E-state index contributed by atoms with van der Waals surface area (Å²) in [5.74, 6) is 2.51. The van der Waals surface area contributed by atoms with E-state index in [0.717, 1.165) is 36.6 Å². The molecule has 0 saturated carbocycles. The van der Waals surface area contributed by atoms with E-state index in [1.54, 1.807) is 6.33 Å². The fourth-order valence-electron chi connectivity index (χ4n) is 2.31. The maximum atomic E-state index is 10.00. The molecule has 1 heterocycles. The Labute approximate surface area is 128 Å². The summed E-state index contributed by atoms with van der Waals surface area (Å²) in [6.45, 7) is 12.0. The summed E-state index contributed by atoms with van der Waals surface area (Å²) in [6, 6.07) is 0. The maximum Gasteiger partial charge on any atom is 0.135 e. The van der Waals surface area contributed by atoms with Crippen molar-refractivity contribution in [3.8, 4) is 0 Å². The molecule has 0 aliphatic carbocycles. The monoisotopic (exact) mass is 294 g/mol. The number of aliphatic hydroxyl groups is 1. The van der Waals surface area contributed by atoms with E-state index in [2.05, 4.69) is 55.2 Å². The van der Waals surface area contributed by atoms with Crippen molar-refractivity contribution in [2.24, 2.45) is 5.92 Å². The summed E-state index contributed by atoms with van der Waals surface area (Å²) >= 11 is 0. The highest BCUT2D eigenvalue weighted by molar-refractivity contribution is 5.59. The lowest BCUT2D eigenvalue weighted by Crippen LogP contribution is -2.23. The van der Waals surface area contributed by atoms with Gasteiger partial charge in [-0.1, -0.05) is 34.6 Å². The van der Waals surface area contributed by atoms with Gasteiger partial charge < -0.3 is 15.7 Å². The minimum Gasteiger partial charge on any atom is -0.391 e. The molecule has 0 aromatic carbocycles. The first-order valence-corrected chi connectivity index (χ1v) is 7.96. The topological polar surface area (TPSA) is 70.1 Å². The molecule has 0 spiro atoms. The summed E-state index contributed by atoms with van der Waals surface area (Å²) in [6.07, 6.45) is 3.06. The second-order valence-electron chi connectivity index (χ2n) is 6.23. The van der Waals surface area contributed by atoms with Crippen LogP contribution in [0.2, 0.25) is 0 Å². The SMILES string of the molecule is CCCNc1ncnc(NCC(O)CC(C)C)c1C(C)C. The van der Waals surface area contributed by atoms with Gasteiger partial charge in [0, 0.05) is 18.7 Å². The van der Waals surface area contributed by atoms with Crippen LogP contribution in [-0.4, -0.2) is 34.3 Å². The van der Waals surface area contributed by atoms with Crippen molar-refractivity contribution in [1.29, 1.82) is 0 Å². The van der Waals surface area contributed by atoms with Crippen LogP contribution in [0.15, 0.2) is 6.33 Å². The van der Waals surface area contributed by atoms with E-state index < -0.39 is 0 Å². The van der Waals surface area contributed by atoms with Gasteiger partial charge in [0.1, 0.15) is 18.0 Å². The first-order chi connectivity index (χ1) is 9.95. The van der Waals surface area contributed by atoms with Crippen molar-refractivity contribution in [3.63, 3.8) is 0 Å². The molecule has 0 radical (unpaired) electrons. The van der Waals surface area contributed by atoms with Crippen LogP contribution in [0.3, 0.4) is 0 Å². The largest absolute Gasteiger partial charge is 0.391 e. The molecule has 3 N–H and O–H groups in total. The molecule has 0 aliphatic heterocycles. The van der Waals surface area contributed by atoms with E-state index >= 15 is 0 Å². The standard InChI is InChI=1S/C16H30N4O/c1-6-7-17-15-14(12(4)5)16(20-10-19-15)18-9-13(21)8-11(2)3/h10-13,21H,6-9H2,1-5H3,(H2,17,18,19,20). The Morgan fingerprint density at radius 1 is 1.10 bits per heavy atom. The molecule has 0 bridgehead atoms. The minimum atomic E-state index is -0.355. The highest BCUT2D eigenvalue weighted by atomic mass is 16.3. The van der Waals surface area contributed by atoms with Crippen LogP contribution < -0.4 is 10.6 Å². The number of rotatable bonds is 9. The van der Waals surface area contributed by atoms with Crippen molar-refractivity contribution in [2.75, 3.05) is 23.7 Å². The summed E-state index contributed by atoms with van der Waals surface area (Å²) in [5, 5.41) is 16.6. The maximum absolute atomic E-state index is 10.00. The molecule has 1 rings (SSSR count). The Balaban J connectivity index is 2.80. The Kier molecular flexibility index (Phi) is 7.43. The Morgan fingerprint density at radius 2 is 1.71 bits per heavy atom. The van der Waals surface area contributed by atoms with Gasteiger partial charge in [0.2, 0.25) is 0 Å². The van der Waals surface area contributed by atoms with Gasteiger partial charge in [-0.25, -0.2) is 9.97 Å². The molecule has 120 valence electrons. The number of nitrogens with one attached hydrogen (secondary N) is 2. The number of hydrogen-bond donors (Lipinski definition) is 3. The molecule has 1 aromatic rings. The average molecular weight is 294 g/mol. The van der Waals surface area contributed by atoms with Gasteiger partial charge >= 0.3 is 0 Å². The van der Waals surface area contributed by atoms with E-state index in [4.69, 9.17) is 0 Å². The summed E-state index contributed by atoms with van der Waals surface area (Å²) in [5.41, 5.74) is 1.09. The molecule has 21 heavy (non-hydrogen) atoms. The van der Waals surface area contributed by atoms with Crippen LogP contribution >= 0.6 is 0 Å². The van der Waals surface area contributed by atoms with Gasteiger partial charge in [0.15, 0.2) is 0 Å². The molecule has 5 nitrogen and oxygen atoms in total. The van der Waals surface area contributed by atoms with E-state index in [9.17, 15) is 5.11 Å². The second kappa shape index (κ2) is 8.82.